The maximum atomic E-state index is 12.4. The summed E-state index contributed by atoms with van der Waals surface area (Å²) in [5.41, 5.74) is 3.83. The van der Waals surface area contributed by atoms with E-state index in [1.165, 1.54) is 0 Å². The number of hydrogen-bond acceptors (Lipinski definition) is 5. The fourth-order valence-electron chi connectivity index (χ4n) is 3.41. The van der Waals surface area contributed by atoms with Crippen molar-refractivity contribution >= 4 is 21.6 Å². The third kappa shape index (κ3) is 6.04. The summed E-state index contributed by atoms with van der Waals surface area (Å²) in [7, 11) is -3.63. The van der Waals surface area contributed by atoms with E-state index in [1.807, 2.05) is 37.3 Å². The maximum Gasteiger partial charge on any atom is 0.240 e. The van der Waals surface area contributed by atoms with Crippen molar-refractivity contribution in [3.63, 3.8) is 0 Å². The van der Waals surface area contributed by atoms with Crippen molar-refractivity contribution < 1.29 is 17.9 Å². The monoisotopic (exact) mass is 431 g/mol. The van der Waals surface area contributed by atoms with Crippen molar-refractivity contribution in [2.24, 2.45) is 0 Å². The van der Waals surface area contributed by atoms with Crippen molar-refractivity contribution in [3.05, 3.63) is 59.2 Å². The Bertz CT molecular complexity index is 968. The summed E-state index contributed by atoms with van der Waals surface area (Å²) < 4.78 is 32.7. The lowest BCUT2D eigenvalue weighted by atomic mass is 10.2. The zero-order valence-corrected chi connectivity index (χ0v) is 18.3. The lowest BCUT2D eigenvalue weighted by Crippen LogP contribution is -2.36. The lowest BCUT2D eigenvalue weighted by Gasteiger charge is -2.28. The SMILES string of the molecule is Cc1ccc(S(=O)(=O)NCCC(=O)NCc2ccc(N3CCOCC3)cc2)c(C)c1. The van der Waals surface area contributed by atoms with Gasteiger partial charge in [-0.15, -0.1) is 0 Å². The topological polar surface area (TPSA) is 87.7 Å². The van der Waals surface area contributed by atoms with E-state index >= 15 is 0 Å². The van der Waals surface area contributed by atoms with Crippen LogP contribution < -0.4 is 14.9 Å². The first-order chi connectivity index (χ1) is 14.3. The number of amides is 1. The van der Waals surface area contributed by atoms with Gasteiger partial charge in [-0.3, -0.25) is 4.79 Å². The number of aryl methyl sites for hydroxylation is 2. The largest absolute Gasteiger partial charge is 0.378 e. The van der Waals surface area contributed by atoms with Crippen LogP contribution in [0.25, 0.3) is 0 Å². The Balaban J connectivity index is 1.43. The van der Waals surface area contributed by atoms with Gasteiger partial charge >= 0.3 is 0 Å². The first-order valence-electron chi connectivity index (χ1n) is 10.1. The quantitative estimate of drug-likeness (QED) is 0.669. The van der Waals surface area contributed by atoms with Crippen molar-refractivity contribution in [1.82, 2.24) is 10.0 Å². The number of sulfonamides is 1. The number of anilines is 1. The number of nitrogens with one attached hydrogen (secondary N) is 2. The van der Waals surface area contributed by atoms with Crippen LogP contribution in [0.4, 0.5) is 5.69 Å². The zero-order valence-electron chi connectivity index (χ0n) is 17.5. The molecular weight excluding hydrogens is 402 g/mol. The molecule has 0 atom stereocenters. The van der Waals surface area contributed by atoms with Crippen LogP contribution in [0.5, 0.6) is 0 Å². The van der Waals surface area contributed by atoms with Crippen LogP contribution in [-0.2, 0) is 26.1 Å². The molecule has 1 fully saturated rings. The van der Waals surface area contributed by atoms with Gasteiger partial charge in [-0.25, -0.2) is 13.1 Å². The second-order valence-corrected chi connectivity index (χ2v) is 9.19. The van der Waals surface area contributed by atoms with Gasteiger partial charge in [0, 0.05) is 38.3 Å². The van der Waals surface area contributed by atoms with Crippen molar-refractivity contribution in [2.45, 2.75) is 31.7 Å². The fraction of sp³-hybridized carbons (Fsp3) is 0.409. The van der Waals surface area contributed by atoms with Crippen LogP contribution >= 0.6 is 0 Å². The molecule has 0 bridgehead atoms. The van der Waals surface area contributed by atoms with Crippen LogP contribution in [0.2, 0.25) is 0 Å². The Morgan fingerprint density at radius 1 is 1.07 bits per heavy atom. The van der Waals surface area contributed by atoms with Crippen molar-refractivity contribution in [3.8, 4) is 0 Å². The summed E-state index contributed by atoms with van der Waals surface area (Å²) in [6.45, 7) is 7.39. The molecule has 162 valence electrons. The van der Waals surface area contributed by atoms with Gasteiger partial charge in [-0.1, -0.05) is 29.8 Å². The average Bonchev–Trinajstić information content (AvgIpc) is 2.73. The maximum absolute atomic E-state index is 12.4. The van der Waals surface area contributed by atoms with Gasteiger partial charge in [0.25, 0.3) is 0 Å². The van der Waals surface area contributed by atoms with Gasteiger partial charge in [0.05, 0.1) is 18.1 Å². The molecule has 1 heterocycles. The number of nitrogens with zero attached hydrogens (tertiary/aromatic N) is 1. The van der Waals surface area contributed by atoms with Gasteiger partial charge in [0.2, 0.25) is 15.9 Å². The lowest BCUT2D eigenvalue weighted by molar-refractivity contribution is -0.121. The van der Waals surface area contributed by atoms with Gasteiger partial charge in [0.1, 0.15) is 0 Å². The normalized spacial score (nSPS) is 14.5. The summed E-state index contributed by atoms with van der Waals surface area (Å²) in [6.07, 6.45) is 0.0794. The zero-order chi connectivity index (χ0) is 21.6. The molecule has 1 aliphatic heterocycles. The van der Waals surface area contributed by atoms with E-state index in [0.717, 1.165) is 43.1 Å². The van der Waals surface area contributed by atoms with Gasteiger partial charge in [0.15, 0.2) is 0 Å². The highest BCUT2D eigenvalue weighted by Crippen LogP contribution is 2.17. The smallest absolute Gasteiger partial charge is 0.240 e. The summed E-state index contributed by atoms with van der Waals surface area (Å²) in [5, 5.41) is 2.84. The van der Waals surface area contributed by atoms with Gasteiger partial charge in [-0.2, -0.15) is 0 Å². The minimum absolute atomic E-state index is 0.0530. The van der Waals surface area contributed by atoms with E-state index in [-0.39, 0.29) is 23.8 Å². The molecule has 2 N–H and O–H groups in total. The molecule has 2 aromatic rings. The third-order valence-corrected chi connectivity index (χ3v) is 6.69. The predicted octanol–water partition coefficient (Wildman–Crippen LogP) is 2.12. The summed E-state index contributed by atoms with van der Waals surface area (Å²) >= 11 is 0. The van der Waals surface area contributed by atoms with Crippen LogP contribution in [0.3, 0.4) is 0 Å². The highest BCUT2D eigenvalue weighted by atomic mass is 32.2. The summed E-state index contributed by atoms with van der Waals surface area (Å²) in [5.74, 6) is -0.199. The molecule has 2 aromatic carbocycles. The number of benzene rings is 2. The molecule has 0 aromatic heterocycles. The van der Waals surface area contributed by atoms with Crippen LogP contribution in [0.1, 0.15) is 23.1 Å². The van der Waals surface area contributed by atoms with Crippen LogP contribution in [0.15, 0.2) is 47.4 Å². The van der Waals surface area contributed by atoms with Gasteiger partial charge in [-0.05, 0) is 43.2 Å². The summed E-state index contributed by atoms with van der Waals surface area (Å²) in [6, 6.07) is 13.3. The first kappa shape index (κ1) is 22.3. The van der Waals surface area contributed by atoms with Crippen LogP contribution in [0, 0.1) is 13.8 Å². The summed E-state index contributed by atoms with van der Waals surface area (Å²) in [4.78, 5) is 14.6. The highest BCUT2D eigenvalue weighted by Gasteiger charge is 2.17. The second-order valence-electron chi connectivity index (χ2n) is 7.46. The highest BCUT2D eigenvalue weighted by molar-refractivity contribution is 7.89. The molecule has 3 rings (SSSR count). The van der Waals surface area contributed by atoms with E-state index < -0.39 is 10.0 Å². The van der Waals surface area contributed by atoms with E-state index in [2.05, 4.69) is 14.9 Å². The molecule has 0 saturated carbocycles. The average molecular weight is 432 g/mol. The third-order valence-electron chi connectivity index (χ3n) is 5.07. The minimum atomic E-state index is -3.63. The second kappa shape index (κ2) is 10.1. The molecule has 0 unspecified atom stereocenters. The Morgan fingerprint density at radius 2 is 1.77 bits per heavy atom. The number of rotatable bonds is 8. The van der Waals surface area contributed by atoms with Crippen molar-refractivity contribution in [2.75, 3.05) is 37.7 Å². The van der Waals surface area contributed by atoms with E-state index in [1.54, 1.807) is 19.1 Å². The number of morpholine rings is 1. The van der Waals surface area contributed by atoms with Crippen molar-refractivity contribution in [1.29, 1.82) is 0 Å². The van der Waals surface area contributed by atoms with E-state index in [0.29, 0.717) is 12.1 Å². The molecule has 7 nitrogen and oxygen atoms in total. The number of ether oxygens (including phenoxy) is 1. The fourth-order valence-corrected chi connectivity index (χ4v) is 4.67. The molecular formula is C22H29N3O4S. The molecule has 1 saturated heterocycles. The number of carbonyl (C=O) groups excluding carboxylic acids is 1. The molecule has 0 aliphatic carbocycles. The molecule has 30 heavy (non-hydrogen) atoms. The van der Waals surface area contributed by atoms with E-state index in [9.17, 15) is 13.2 Å². The Hall–Kier alpha value is -2.42. The molecule has 0 radical (unpaired) electrons. The number of hydrogen-bond donors (Lipinski definition) is 2. The van der Waals surface area contributed by atoms with Gasteiger partial charge < -0.3 is 15.0 Å². The molecule has 0 spiro atoms. The Morgan fingerprint density at radius 3 is 2.43 bits per heavy atom. The number of carbonyl (C=O) groups is 1. The Kier molecular flexibility index (Phi) is 7.47. The van der Waals surface area contributed by atoms with E-state index in [4.69, 9.17) is 4.74 Å². The molecule has 1 amide bonds. The first-order valence-corrected chi connectivity index (χ1v) is 11.6. The molecule has 1 aliphatic rings. The van der Waals surface area contributed by atoms with Crippen LogP contribution in [-0.4, -0.2) is 47.2 Å². The standard InChI is InChI=1S/C22H29N3O4S/c1-17-3-8-21(18(2)15-17)30(27,28)24-10-9-22(26)23-16-19-4-6-20(7-5-19)25-11-13-29-14-12-25/h3-8,15,24H,9-14,16H2,1-2H3,(H,23,26). The molecule has 8 heteroatoms. The minimum Gasteiger partial charge on any atom is -0.378 e. The Labute approximate surface area is 178 Å². The predicted molar refractivity (Wildman–Crippen MR) is 117 cm³/mol.